The highest BCUT2D eigenvalue weighted by molar-refractivity contribution is 5.91. The van der Waals surface area contributed by atoms with Crippen LogP contribution in [0.1, 0.15) is 22.8 Å². The second-order valence-electron chi connectivity index (χ2n) is 4.81. The zero-order chi connectivity index (χ0) is 14.7. The van der Waals surface area contributed by atoms with E-state index in [2.05, 4.69) is 17.1 Å². The number of fused-ring (bicyclic) bond motifs is 1. The Kier molecular flexibility index (Phi) is 3.69. The maximum absolute atomic E-state index is 12.0. The Bertz CT molecular complexity index is 719. The van der Waals surface area contributed by atoms with Crippen LogP contribution in [0.4, 0.5) is 0 Å². The molecule has 2 aliphatic heterocycles. The number of rotatable bonds is 4. The summed E-state index contributed by atoms with van der Waals surface area (Å²) >= 11 is 0. The number of hydrogen-bond donors (Lipinski definition) is 0. The first-order valence-electron chi connectivity index (χ1n) is 6.93. The van der Waals surface area contributed by atoms with E-state index in [1.54, 1.807) is 13.1 Å². The van der Waals surface area contributed by atoms with Crippen LogP contribution in [0.2, 0.25) is 0 Å². The molecule has 4 nitrogen and oxygen atoms in total. The highest BCUT2D eigenvalue weighted by Gasteiger charge is 2.15. The van der Waals surface area contributed by atoms with Crippen LogP contribution >= 0.6 is 0 Å². The molecule has 2 heterocycles. The second-order valence-corrected chi connectivity index (χ2v) is 4.81. The van der Waals surface area contributed by atoms with E-state index < -0.39 is 0 Å². The lowest BCUT2D eigenvalue weighted by molar-refractivity contribution is 0.0525. The number of carbonyl (C=O) groups excluding carboxylic acids is 1. The maximum Gasteiger partial charge on any atom is 0.339 e. The Hall–Kier alpha value is -2.62. The lowest BCUT2D eigenvalue weighted by atomic mass is 10.1. The third-order valence-electron chi connectivity index (χ3n) is 3.33. The van der Waals surface area contributed by atoms with E-state index in [0.717, 1.165) is 11.3 Å². The minimum Gasteiger partial charge on any atom is -0.462 e. The molecule has 0 amide bonds. The fraction of sp³-hybridized carbons (Fsp3) is 0.176. The van der Waals surface area contributed by atoms with E-state index in [0.29, 0.717) is 18.7 Å². The molecule has 4 heteroatoms. The van der Waals surface area contributed by atoms with E-state index in [1.165, 1.54) is 5.56 Å². The molecule has 1 aromatic rings. The molecule has 106 valence electrons. The normalized spacial score (nSPS) is 10.7. The number of nitrogens with zero attached hydrogens (tertiary/aromatic N) is 2. The predicted octanol–water partition coefficient (Wildman–Crippen LogP) is 3.21. The smallest absolute Gasteiger partial charge is 0.339 e. The van der Waals surface area contributed by atoms with Gasteiger partial charge in [-0.15, -0.1) is 0 Å². The molecule has 21 heavy (non-hydrogen) atoms. The van der Waals surface area contributed by atoms with Gasteiger partial charge < -0.3 is 9.30 Å². The first-order chi connectivity index (χ1) is 10.3. The summed E-state index contributed by atoms with van der Waals surface area (Å²) in [5, 5.41) is 0. The number of ether oxygens (including phenoxy) is 1. The Morgan fingerprint density at radius 1 is 1.24 bits per heavy atom. The number of esters is 1. The largest absolute Gasteiger partial charge is 0.462 e. The Morgan fingerprint density at radius 2 is 2.05 bits per heavy atom. The van der Waals surface area contributed by atoms with Gasteiger partial charge in [-0.25, -0.2) is 4.79 Å². The van der Waals surface area contributed by atoms with Crippen molar-refractivity contribution in [1.29, 1.82) is 0 Å². The van der Waals surface area contributed by atoms with E-state index >= 15 is 0 Å². The van der Waals surface area contributed by atoms with Crippen LogP contribution in [0.25, 0.3) is 11.3 Å². The van der Waals surface area contributed by atoms with Crippen LogP contribution in [0.3, 0.4) is 0 Å². The summed E-state index contributed by atoms with van der Waals surface area (Å²) in [7, 11) is 0. The van der Waals surface area contributed by atoms with Gasteiger partial charge in [-0.2, -0.15) is 0 Å². The average molecular weight is 280 g/mol. The van der Waals surface area contributed by atoms with E-state index in [9.17, 15) is 4.79 Å². The molecule has 0 N–H and O–H groups in total. The third kappa shape index (κ3) is 2.79. The predicted molar refractivity (Wildman–Crippen MR) is 80.3 cm³/mol. The Morgan fingerprint density at radius 3 is 2.81 bits per heavy atom. The van der Waals surface area contributed by atoms with Gasteiger partial charge in [0.15, 0.2) is 0 Å². The first kappa shape index (κ1) is 13.4. The van der Waals surface area contributed by atoms with Crippen molar-refractivity contribution >= 4 is 5.97 Å². The van der Waals surface area contributed by atoms with E-state index in [-0.39, 0.29) is 5.97 Å². The third-order valence-corrected chi connectivity index (χ3v) is 3.33. The highest BCUT2D eigenvalue weighted by Crippen LogP contribution is 2.24. The summed E-state index contributed by atoms with van der Waals surface area (Å²) in [5.74, 6) is -0.303. The summed E-state index contributed by atoms with van der Waals surface area (Å²) in [6.45, 7) is 2.86. The first-order valence-corrected chi connectivity index (χ1v) is 6.93. The molecule has 2 aliphatic rings. The molecule has 1 aromatic carbocycles. The second kappa shape index (κ2) is 5.79. The standard InChI is InChI=1S/C17H16N2O2/c1-2-21-17(20)15-8-14-9-18-10-16(14)19(12-15)11-13-6-4-3-5-7-13/h3-10,12H,2,11H2,1H3. The van der Waals surface area contributed by atoms with E-state index in [4.69, 9.17) is 4.74 Å². The van der Waals surface area contributed by atoms with Crippen molar-refractivity contribution < 1.29 is 9.53 Å². The summed E-state index contributed by atoms with van der Waals surface area (Å²) in [4.78, 5) is 16.1. The SMILES string of the molecule is CCOC(=O)c1cc2cncc-2n(Cc2ccccc2)c1. The summed E-state index contributed by atoms with van der Waals surface area (Å²) in [5.41, 5.74) is 3.67. The molecule has 3 rings (SSSR count). The number of hydrogen-bond acceptors (Lipinski definition) is 3. The highest BCUT2D eigenvalue weighted by atomic mass is 16.5. The molecule has 0 spiro atoms. The van der Waals surface area contributed by atoms with Gasteiger partial charge in [0.25, 0.3) is 0 Å². The van der Waals surface area contributed by atoms with Gasteiger partial charge in [0, 0.05) is 24.5 Å². The fourth-order valence-electron chi connectivity index (χ4n) is 2.36. The Labute approximate surface area is 123 Å². The summed E-state index contributed by atoms with van der Waals surface area (Å²) in [6, 6.07) is 11.9. The van der Waals surface area contributed by atoms with Crippen molar-refractivity contribution in [3.8, 4) is 11.3 Å². The summed E-state index contributed by atoms with van der Waals surface area (Å²) in [6.07, 6.45) is 5.40. The van der Waals surface area contributed by atoms with E-state index in [1.807, 2.05) is 41.2 Å². The lowest BCUT2D eigenvalue weighted by Gasteiger charge is -2.14. The molecule has 0 aromatic heterocycles. The molecule has 0 fully saturated rings. The zero-order valence-corrected chi connectivity index (χ0v) is 11.8. The minimum absolute atomic E-state index is 0.303. The molecule has 0 atom stereocenters. The van der Waals surface area contributed by atoms with Crippen molar-refractivity contribution in [2.45, 2.75) is 13.5 Å². The number of carbonyl (C=O) groups is 1. The van der Waals surface area contributed by atoms with Gasteiger partial charge in [-0.1, -0.05) is 30.3 Å². The van der Waals surface area contributed by atoms with Crippen LogP contribution in [0.5, 0.6) is 0 Å². The molecular weight excluding hydrogens is 264 g/mol. The van der Waals surface area contributed by atoms with Crippen LogP contribution < -0.4 is 0 Å². The number of aromatic nitrogens is 2. The van der Waals surface area contributed by atoms with Crippen LogP contribution in [0, 0.1) is 0 Å². The quantitative estimate of drug-likeness (QED) is 0.689. The van der Waals surface area contributed by atoms with Crippen LogP contribution in [0.15, 0.2) is 55.0 Å². The van der Waals surface area contributed by atoms with Gasteiger partial charge in [0.2, 0.25) is 0 Å². The number of pyridine rings is 1. The number of benzene rings is 1. The van der Waals surface area contributed by atoms with Gasteiger partial charge in [0.1, 0.15) is 0 Å². The lowest BCUT2D eigenvalue weighted by Crippen LogP contribution is -2.11. The zero-order valence-electron chi connectivity index (χ0n) is 11.8. The molecule has 0 saturated heterocycles. The molecule has 0 saturated carbocycles. The van der Waals surface area contributed by atoms with Crippen LogP contribution in [-0.2, 0) is 11.3 Å². The maximum atomic E-state index is 12.0. The van der Waals surface area contributed by atoms with Crippen molar-refractivity contribution in [3.05, 3.63) is 66.1 Å². The average Bonchev–Trinajstić information content (AvgIpc) is 2.97. The van der Waals surface area contributed by atoms with Gasteiger partial charge in [0.05, 0.1) is 24.1 Å². The fourth-order valence-corrected chi connectivity index (χ4v) is 2.36. The molecule has 0 radical (unpaired) electrons. The van der Waals surface area contributed by atoms with Crippen molar-refractivity contribution in [3.63, 3.8) is 0 Å². The molecule has 0 bridgehead atoms. The van der Waals surface area contributed by atoms with Crippen LogP contribution in [-0.4, -0.2) is 22.1 Å². The van der Waals surface area contributed by atoms with Gasteiger partial charge >= 0.3 is 5.97 Å². The summed E-state index contributed by atoms with van der Waals surface area (Å²) < 4.78 is 7.12. The molecule has 0 unspecified atom stereocenters. The Balaban J connectivity index is 2.01. The van der Waals surface area contributed by atoms with Crippen molar-refractivity contribution in [2.75, 3.05) is 6.61 Å². The molecule has 0 aliphatic carbocycles. The monoisotopic (exact) mass is 280 g/mol. The van der Waals surface area contributed by atoms with Crippen molar-refractivity contribution in [2.24, 2.45) is 0 Å². The van der Waals surface area contributed by atoms with Crippen molar-refractivity contribution in [1.82, 2.24) is 9.55 Å². The van der Waals surface area contributed by atoms with Gasteiger partial charge in [-0.3, -0.25) is 4.98 Å². The molecular formula is C17H16N2O2. The van der Waals surface area contributed by atoms with Gasteiger partial charge in [-0.05, 0) is 18.6 Å². The minimum atomic E-state index is -0.303. The topological polar surface area (TPSA) is 44.1 Å².